The summed E-state index contributed by atoms with van der Waals surface area (Å²) in [6.07, 6.45) is 0.526. The maximum Gasteiger partial charge on any atom is 0.303 e. The number of hydrogen-bond donors (Lipinski definition) is 2. The average Bonchev–Trinajstić information content (AvgIpc) is 1.98. The highest BCUT2D eigenvalue weighted by molar-refractivity contribution is 5.77. The third-order valence-electron chi connectivity index (χ3n) is 1.17. The van der Waals surface area contributed by atoms with Crippen LogP contribution in [0.25, 0.3) is 0 Å². The summed E-state index contributed by atoms with van der Waals surface area (Å²) >= 11 is 0. The van der Waals surface area contributed by atoms with Gasteiger partial charge in [-0.1, -0.05) is 0 Å². The summed E-state index contributed by atoms with van der Waals surface area (Å²) in [4.78, 5) is 20.7. The van der Waals surface area contributed by atoms with Gasteiger partial charge in [0.1, 0.15) is 6.61 Å². The highest BCUT2D eigenvalue weighted by Crippen LogP contribution is 1.85. The minimum absolute atomic E-state index is 0.0209. The molecule has 1 amide bonds. The minimum Gasteiger partial charge on any atom is -0.481 e. The van der Waals surface area contributed by atoms with Gasteiger partial charge in [0, 0.05) is 20.1 Å². The zero-order valence-corrected chi connectivity index (χ0v) is 7.00. The second-order valence-electron chi connectivity index (χ2n) is 2.28. The Balaban J connectivity index is 3.19. The maximum absolute atomic E-state index is 10.7. The van der Waals surface area contributed by atoms with Gasteiger partial charge in [-0.15, -0.1) is 0 Å². The Kier molecular flexibility index (Phi) is 6.00. The number of amides is 1. The topological polar surface area (TPSA) is 75.6 Å². The van der Waals surface area contributed by atoms with Crippen LogP contribution in [0.3, 0.4) is 0 Å². The highest BCUT2D eigenvalue weighted by Gasteiger charge is 1.99. The third-order valence-corrected chi connectivity index (χ3v) is 1.17. The van der Waals surface area contributed by atoms with Crippen LogP contribution in [0, 0.1) is 0 Å². The Bertz CT molecular complexity index is 157. The number of nitrogens with one attached hydrogen (secondary N) is 1. The lowest BCUT2D eigenvalue weighted by atomic mass is 10.3. The molecule has 0 aliphatic carbocycles. The van der Waals surface area contributed by atoms with Gasteiger partial charge in [-0.25, -0.2) is 0 Å². The van der Waals surface area contributed by atoms with Crippen molar-refractivity contribution in [2.45, 2.75) is 12.8 Å². The van der Waals surface area contributed by atoms with E-state index in [2.05, 4.69) is 10.1 Å². The monoisotopic (exact) mass is 175 g/mol. The van der Waals surface area contributed by atoms with Crippen molar-refractivity contribution in [2.24, 2.45) is 0 Å². The first-order chi connectivity index (χ1) is 5.66. The largest absolute Gasteiger partial charge is 0.481 e. The van der Waals surface area contributed by atoms with E-state index in [0.29, 0.717) is 13.0 Å². The summed E-state index contributed by atoms with van der Waals surface area (Å²) in [6, 6.07) is 0. The van der Waals surface area contributed by atoms with Gasteiger partial charge >= 0.3 is 5.97 Å². The third kappa shape index (κ3) is 7.01. The van der Waals surface area contributed by atoms with E-state index < -0.39 is 5.97 Å². The number of carboxylic acids is 1. The molecule has 70 valence electrons. The Morgan fingerprint density at radius 1 is 1.50 bits per heavy atom. The molecule has 2 N–H and O–H groups in total. The molecule has 0 saturated carbocycles. The van der Waals surface area contributed by atoms with Crippen molar-refractivity contribution in [3.63, 3.8) is 0 Å². The maximum atomic E-state index is 10.7. The Labute approximate surface area is 70.7 Å². The molecular weight excluding hydrogens is 162 g/mol. The van der Waals surface area contributed by atoms with E-state index in [-0.39, 0.29) is 18.9 Å². The molecule has 0 unspecified atom stereocenters. The molecule has 0 aliphatic heterocycles. The number of rotatable bonds is 6. The minimum atomic E-state index is -0.851. The van der Waals surface area contributed by atoms with Gasteiger partial charge in [0.25, 0.3) is 0 Å². The lowest BCUT2D eigenvalue weighted by molar-refractivity contribution is -0.137. The van der Waals surface area contributed by atoms with E-state index in [4.69, 9.17) is 5.11 Å². The highest BCUT2D eigenvalue weighted by atomic mass is 16.5. The van der Waals surface area contributed by atoms with Gasteiger partial charge in [0.05, 0.1) is 0 Å². The van der Waals surface area contributed by atoms with Crippen molar-refractivity contribution in [1.29, 1.82) is 0 Å². The van der Waals surface area contributed by atoms with Crippen molar-refractivity contribution in [3.8, 4) is 0 Å². The van der Waals surface area contributed by atoms with Gasteiger partial charge in [-0.05, 0) is 6.42 Å². The van der Waals surface area contributed by atoms with E-state index >= 15 is 0 Å². The van der Waals surface area contributed by atoms with Crippen LogP contribution in [-0.4, -0.2) is 37.2 Å². The van der Waals surface area contributed by atoms with Crippen LogP contribution in [0.15, 0.2) is 0 Å². The van der Waals surface area contributed by atoms with E-state index in [1.54, 1.807) is 0 Å². The molecule has 0 bridgehead atoms. The van der Waals surface area contributed by atoms with Crippen LogP contribution in [0.1, 0.15) is 12.8 Å². The Morgan fingerprint density at radius 2 is 2.17 bits per heavy atom. The summed E-state index contributed by atoms with van der Waals surface area (Å²) in [5, 5.41) is 10.8. The number of aliphatic carboxylic acids is 1. The number of hydrogen-bond acceptors (Lipinski definition) is 3. The van der Waals surface area contributed by atoms with E-state index in [0.717, 1.165) is 0 Å². The molecule has 5 heteroatoms. The number of methoxy groups -OCH3 is 1. The van der Waals surface area contributed by atoms with Crippen LogP contribution in [-0.2, 0) is 14.3 Å². The second-order valence-corrected chi connectivity index (χ2v) is 2.28. The molecular formula is C7H13NO4. The van der Waals surface area contributed by atoms with Crippen LogP contribution >= 0.6 is 0 Å². The summed E-state index contributed by atoms with van der Waals surface area (Å²) < 4.78 is 4.55. The van der Waals surface area contributed by atoms with Crippen molar-refractivity contribution >= 4 is 11.9 Å². The van der Waals surface area contributed by atoms with Gasteiger partial charge in [-0.3, -0.25) is 9.59 Å². The van der Waals surface area contributed by atoms with Gasteiger partial charge in [0.2, 0.25) is 5.91 Å². The Morgan fingerprint density at radius 3 is 2.67 bits per heavy atom. The number of carbonyl (C=O) groups is 2. The van der Waals surface area contributed by atoms with E-state index in [9.17, 15) is 9.59 Å². The molecule has 0 aromatic heterocycles. The molecule has 0 spiro atoms. The molecule has 0 aliphatic rings. The summed E-state index contributed by atoms with van der Waals surface area (Å²) in [5.74, 6) is -1.07. The van der Waals surface area contributed by atoms with Gasteiger partial charge < -0.3 is 15.2 Å². The molecule has 12 heavy (non-hydrogen) atoms. The number of carboxylic acid groups (broad SMARTS) is 1. The lowest BCUT2D eigenvalue weighted by Crippen LogP contribution is -2.28. The quantitative estimate of drug-likeness (QED) is 0.539. The predicted molar refractivity (Wildman–Crippen MR) is 41.8 cm³/mol. The molecule has 0 saturated heterocycles. The molecule has 0 heterocycles. The number of ether oxygens (including phenoxy) is 1. The first-order valence-corrected chi connectivity index (χ1v) is 3.64. The molecule has 5 nitrogen and oxygen atoms in total. The number of carbonyl (C=O) groups excluding carboxylic acids is 1. The van der Waals surface area contributed by atoms with Crippen LogP contribution < -0.4 is 5.32 Å². The molecule has 0 aromatic rings. The zero-order chi connectivity index (χ0) is 9.40. The predicted octanol–water partition coefficient (Wildman–Crippen LogP) is -0.386. The smallest absolute Gasteiger partial charge is 0.303 e. The van der Waals surface area contributed by atoms with Crippen molar-refractivity contribution in [2.75, 3.05) is 20.3 Å². The van der Waals surface area contributed by atoms with E-state index in [1.165, 1.54) is 7.11 Å². The fraction of sp³-hybridized carbons (Fsp3) is 0.714. The van der Waals surface area contributed by atoms with Gasteiger partial charge in [0.15, 0.2) is 0 Å². The molecule has 0 fully saturated rings. The van der Waals surface area contributed by atoms with Crippen molar-refractivity contribution in [1.82, 2.24) is 5.32 Å². The van der Waals surface area contributed by atoms with Crippen molar-refractivity contribution in [3.05, 3.63) is 0 Å². The van der Waals surface area contributed by atoms with Gasteiger partial charge in [-0.2, -0.15) is 0 Å². The van der Waals surface area contributed by atoms with Crippen LogP contribution in [0.5, 0.6) is 0 Å². The van der Waals surface area contributed by atoms with Crippen LogP contribution in [0.2, 0.25) is 0 Å². The average molecular weight is 175 g/mol. The lowest BCUT2D eigenvalue weighted by Gasteiger charge is -2.01. The van der Waals surface area contributed by atoms with E-state index in [1.807, 2.05) is 0 Å². The fourth-order valence-corrected chi connectivity index (χ4v) is 0.650. The first kappa shape index (κ1) is 10.9. The van der Waals surface area contributed by atoms with Crippen LogP contribution in [0.4, 0.5) is 0 Å². The zero-order valence-electron chi connectivity index (χ0n) is 7.00. The standard InChI is InChI=1S/C7H13NO4/c1-12-5-6(9)8-4-2-3-7(10)11/h2-5H2,1H3,(H,8,9)(H,10,11). The summed E-state index contributed by atoms with van der Waals surface area (Å²) in [7, 11) is 1.43. The summed E-state index contributed by atoms with van der Waals surface area (Å²) in [6.45, 7) is 0.404. The van der Waals surface area contributed by atoms with Crippen molar-refractivity contribution < 1.29 is 19.4 Å². The SMILES string of the molecule is COCC(=O)NCCCC(=O)O. The molecule has 0 rings (SSSR count). The normalized spacial score (nSPS) is 9.42. The fourth-order valence-electron chi connectivity index (χ4n) is 0.650. The first-order valence-electron chi connectivity index (χ1n) is 3.64. The molecule has 0 aromatic carbocycles. The summed E-state index contributed by atoms with van der Waals surface area (Å²) in [5.41, 5.74) is 0. The molecule has 0 radical (unpaired) electrons. The molecule has 0 atom stereocenters. The Hall–Kier alpha value is -1.10. The second kappa shape index (κ2) is 6.60.